The van der Waals surface area contributed by atoms with Crippen molar-refractivity contribution in [1.29, 1.82) is 0 Å². The molecule has 3 rings (SSSR count). The smallest absolute Gasteiger partial charge is 0.142 e. The second-order valence-electron chi connectivity index (χ2n) is 4.33. The number of nitrogens with one attached hydrogen (secondary N) is 1. The largest absolute Gasteiger partial charge is 0.340 e. The van der Waals surface area contributed by atoms with Crippen molar-refractivity contribution in [2.45, 2.75) is 13.8 Å². The summed E-state index contributed by atoms with van der Waals surface area (Å²) in [5.41, 5.74) is 0.927. The fourth-order valence-electron chi connectivity index (χ4n) is 1.95. The minimum atomic E-state index is 0.702. The van der Waals surface area contributed by atoms with Gasteiger partial charge >= 0.3 is 0 Å². The molecule has 0 bridgehead atoms. The van der Waals surface area contributed by atoms with E-state index in [1.165, 1.54) is 4.88 Å². The Hall–Kier alpha value is -1.65. The van der Waals surface area contributed by atoms with Crippen molar-refractivity contribution in [3.8, 4) is 0 Å². The standard InChI is InChI=1S/C14H12ClN3S/c1-8-6-12-13(16-9(2)17-14(12)19-8)18-11-5-3-4-10(15)7-11/h3-7H,1-2H3,(H,16,17,18). The van der Waals surface area contributed by atoms with E-state index in [0.29, 0.717) is 5.02 Å². The normalized spacial score (nSPS) is 10.9. The minimum absolute atomic E-state index is 0.702. The molecule has 0 saturated heterocycles. The van der Waals surface area contributed by atoms with Gasteiger partial charge in [-0.1, -0.05) is 17.7 Å². The van der Waals surface area contributed by atoms with E-state index in [-0.39, 0.29) is 0 Å². The number of rotatable bonds is 2. The van der Waals surface area contributed by atoms with Crippen LogP contribution in [0.25, 0.3) is 10.2 Å². The van der Waals surface area contributed by atoms with Crippen molar-refractivity contribution >= 4 is 44.7 Å². The number of fused-ring (bicyclic) bond motifs is 1. The molecule has 0 aliphatic heterocycles. The highest BCUT2D eigenvalue weighted by Crippen LogP contribution is 2.30. The number of aromatic nitrogens is 2. The Kier molecular flexibility index (Phi) is 3.12. The van der Waals surface area contributed by atoms with Crippen LogP contribution >= 0.6 is 22.9 Å². The Balaban J connectivity index is 2.09. The summed E-state index contributed by atoms with van der Waals surface area (Å²) in [6.45, 7) is 3.97. The van der Waals surface area contributed by atoms with Crippen molar-refractivity contribution < 1.29 is 0 Å². The molecule has 0 fully saturated rings. The highest BCUT2D eigenvalue weighted by Gasteiger charge is 2.09. The number of anilines is 2. The van der Waals surface area contributed by atoms with Gasteiger partial charge in [-0.2, -0.15) is 0 Å². The zero-order valence-electron chi connectivity index (χ0n) is 10.6. The molecule has 96 valence electrons. The first-order valence-electron chi connectivity index (χ1n) is 5.89. The molecule has 0 radical (unpaired) electrons. The van der Waals surface area contributed by atoms with Gasteiger partial charge in [0.25, 0.3) is 0 Å². The van der Waals surface area contributed by atoms with Gasteiger partial charge in [0.1, 0.15) is 16.5 Å². The second-order valence-corrected chi connectivity index (χ2v) is 6.00. The van der Waals surface area contributed by atoms with E-state index in [1.54, 1.807) is 11.3 Å². The van der Waals surface area contributed by atoms with Crippen LogP contribution in [0.4, 0.5) is 11.5 Å². The highest BCUT2D eigenvalue weighted by atomic mass is 35.5. The maximum atomic E-state index is 5.99. The fraction of sp³-hybridized carbons (Fsp3) is 0.143. The van der Waals surface area contributed by atoms with Crippen LogP contribution in [0.1, 0.15) is 10.7 Å². The molecule has 5 heteroatoms. The summed E-state index contributed by atoms with van der Waals surface area (Å²) in [7, 11) is 0. The summed E-state index contributed by atoms with van der Waals surface area (Å²) in [6, 6.07) is 9.71. The monoisotopic (exact) mass is 289 g/mol. The minimum Gasteiger partial charge on any atom is -0.340 e. The highest BCUT2D eigenvalue weighted by molar-refractivity contribution is 7.18. The first-order valence-corrected chi connectivity index (χ1v) is 7.08. The third-order valence-corrected chi connectivity index (χ3v) is 3.89. The van der Waals surface area contributed by atoms with Crippen LogP contribution in [0.2, 0.25) is 5.02 Å². The zero-order valence-corrected chi connectivity index (χ0v) is 12.1. The maximum absolute atomic E-state index is 5.99. The molecule has 2 aromatic heterocycles. The molecule has 0 aliphatic rings. The van der Waals surface area contributed by atoms with Crippen LogP contribution in [-0.4, -0.2) is 9.97 Å². The van der Waals surface area contributed by atoms with Gasteiger partial charge in [0.05, 0.1) is 5.39 Å². The van der Waals surface area contributed by atoms with E-state index in [0.717, 1.165) is 27.5 Å². The molecule has 0 aliphatic carbocycles. The first kappa shape index (κ1) is 12.4. The molecule has 0 saturated carbocycles. The van der Waals surface area contributed by atoms with Crippen molar-refractivity contribution in [1.82, 2.24) is 9.97 Å². The molecular formula is C14H12ClN3S. The number of aryl methyl sites for hydroxylation is 2. The maximum Gasteiger partial charge on any atom is 0.142 e. The van der Waals surface area contributed by atoms with Crippen LogP contribution in [0.15, 0.2) is 30.3 Å². The van der Waals surface area contributed by atoms with Crippen LogP contribution in [0.5, 0.6) is 0 Å². The van der Waals surface area contributed by atoms with Crippen LogP contribution < -0.4 is 5.32 Å². The van der Waals surface area contributed by atoms with E-state index in [2.05, 4.69) is 28.3 Å². The molecule has 2 heterocycles. The molecule has 0 spiro atoms. The van der Waals surface area contributed by atoms with E-state index >= 15 is 0 Å². The van der Waals surface area contributed by atoms with Crippen molar-refractivity contribution in [3.63, 3.8) is 0 Å². The van der Waals surface area contributed by atoms with Crippen LogP contribution in [0.3, 0.4) is 0 Å². The Morgan fingerprint density at radius 1 is 1.16 bits per heavy atom. The van der Waals surface area contributed by atoms with E-state index in [1.807, 2.05) is 31.2 Å². The summed E-state index contributed by atoms with van der Waals surface area (Å²) in [6.07, 6.45) is 0. The van der Waals surface area contributed by atoms with Gasteiger partial charge in [-0.05, 0) is 38.1 Å². The zero-order chi connectivity index (χ0) is 13.4. The predicted molar refractivity (Wildman–Crippen MR) is 81.6 cm³/mol. The number of hydrogen-bond acceptors (Lipinski definition) is 4. The third-order valence-electron chi connectivity index (χ3n) is 2.72. The van der Waals surface area contributed by atoms with Crippen LogP contribution in [-0.2, 0) is 0 Å². The average Bonchev–Trinajstić information content (AvgIpc) is 2.69. The topological polar surface area (TPSA) is 37.8 Å². The Labute approximate surface area is 120 Å². The molecule has 1 aromatic carbocycles. The van der Waals surface area contributed by atoms with Crippen molar-refractivity contribution in [2.75, 3.05) is 5.32 Å². The predicted octanol–water partition coefficient (Wildman–Crippen LogP) is 4.71. The lowest BCUT2D eigenvalue weighted by molar-refractivity contribution is 1.10. The molecule has 19 heavy (non-hydrogen) atoms. The van der Waals surface area contributed by atoms with Gasteiger partial charge in [-0.25, -0.2) is 9.97 Å². The second kappa shape index (κ2) is 4.79. The number of benzene rings is 1. The lowest BCUT2D eigenvalue weighted by Crippen LogP contribution is -1.97. The van der Waals surface area contributed by atoms with Gasteiger partial charge in [-0.15, -0.1) is 11.3 Å². The number of hydrogen-bond donors (Lipinski definition) is 1. The van der Waals surface area contributed by atoms with Gasteiger partial charge in [0, 0.05) is 15.6 Å². The molecular weight excluding hydrogens is 278 g/mol. The SMILES string of the molecule is Cc1nc(Nc2cccc(Cl)c2)c2cc(C)sc2n1. The fourth-order valence-corrected chi connectivity index (χ4v) is 3.06. The number of nitrogens with zero attached hydrogens (tertiary/aromatic N) is 2. The van der Waals surface area contributed by atoms with Crippen LogP contribution in [0, 0.1) is 13.8 Å². The van der Waals surface area contributed by atoms with Crippen molar-refractivity contribution in [3.05, 3.63) is 46.1 Å². The van der Waals surface area contributed by atoms with E-state index in [4.69, 9.17) is 11.6 Å². The number of halogens is 1. The molecule has 3 nitrogen and oxygen atoms in total. The summed E-state index contributed by atoms with van der Waals surface area (Å²) in [4.78, 5) is 11.2. The van der Waals surface area contributed by atoms with E-state index in [9.17, 15) is 0 Å². The van der Waals surface area contributed by atoms with Gasteiger partial charge in [0.15, 0.2) is 0 Å². The molecule has 0 unspecified atom stereocenters. The number of thiophene rings is 1. The quantitative estimate of drug-likeness (QED) is 0.743. The summed E-state index contributed by atoms with van der Waals surface area (Å²) in [5.74, 6) is 1.59. The van der Waals surface area contributed by atoms with Crippen molar-refractivity contribution in [2.24, 2.45) is 0 Å². The molecule has 0 atom stereocenters. The summed E-state index contributed by atoms with van der Waals surface area (Å²) >= 11 is 7.67. The van der Waals surface area contributed by atoms with E-state index < -0.39 is 0 Å². The Bertz CT molecular complexity index is 752. The Morgan fingerprint density at radius 2 is 2.00 bits per heavy atom. The molecule has 1 N–H and O–H groups in total. The summed E-state index contributed by atoms with van der Waals surface area (Å²) in [5, 5.41) is 5.06. The first-order chi connectivity index (χ1) is 9.11. The summed E-state index contributed by atoms with van der Waals surface area (Å²) < 4.78 is 0. The molecule has 3 aromatic rings. The molecule has 0 amide bonds. The lowest BCUT2D eigenvalue weighted by Gasteiger charge is -2.07. The van der Waals surface area contributed by atoms with Gasteiger partial charge in [-0.3, -0.25) is 0 Å². The Morgan fingerprint density at radius 3 is 2.79 bits per heavy atom. The average molecular weight is 290 g/mol. The van der Waals surface area contributed by atoms with Gasteiger partial charge in [0.2, 0.25) is 0 Å². The third kappa shape index (κ3) is 2.55. The van der Waals surface area contributed by atoms with Gasteiger partial charge < -0.3 is 5.32 Å². The lowest BCUT2D eigenvalue weighted by atomic mass is 10.3.